The summed E-state index contributed by atoms with van der Waals surface area (Å²) >= 11 is 0. The van der Waals surface area contributed by atoms with E-state index >= 15 is 0 Å². The maximum Gasteiger partial charge on any atom is 0.224 e. The lowest BCUT2D eigenvalue weighted by Crippen LogP contribution is -2.64. The number of aliphatic hydroxyl groups is 14. The van der Waals surface area contributed by atoms with E-state index in [1.54, 1.807) is 0 Å². The van der Waals surface area contributed by atoms with Crippen molar-refractivity contribution in [3.63, 3.8) is 0 Å². The Bertz CT molecular complexity index is 964. The number of rotatable bonds is 13. The van der Waals surface area contributed by atoms with Crippen molar-refractivity contribution >= 4 is 0 Å². The Morgan fingerprint density at radius 2 is 0.889 bits per heavy atom. The second-order valence-corrected chi connectivity index (χ2v) is 11.3. The van der Waals surface area contributed by atoms with Crippen LogP contribution >= 0.6 is 0 Å². The van der Waals surface area contributed by atoms with Crippen molar-refractivity contribution in [2.75, 3.05) is 46.2 Å². The van der Waals surface area contributed by atoms with Crippen LogP contribution < -0.4 is 0 Å². The molecule has 0 aromatic heterocycles. The van der Waals surface area contributed by atoms with Crippen LogP contribution in [-0.4, -0.2) is 221 Å². The monoisotopic (exact) mass is 666 g/mol. The standard InChI is InChI=1S/C24H42O21/c25-1-8-13(31)18(36)22(5-28,42-8)39-4-11-12(30)16(34)17(35)21(41-11)45-24(20(38)15(33)10(3-27)44-24)7-40-23(6-29)19(37)14(32)9(2-26)43-23/h8-21,25-38H,1-7H2. The molecule has 0 aliphatic carbocycles. The van der Waals surface area contributed by atoms with Crippen molar-refractivity contribution in [1.29, 1.82) is 0 Å². The van der Waals surface area contributed by atoms with E-state index in [4.69, 9.17) is 33.2 Å². The third-order valence-electron chi connectivity index (χ3n) is 8.49. The van der Waals surface area contributed by atoms with E-state index in [1.807, 2.05) is 0 Å². The van der Waals surface area contributed by atoms with Crippen LogP contribution in [0.25, 0.3) is 0 Å². The molecule has 264 valence electrons. The summed E-state index contributed by atoms with van der Waals surface area (Å²) in [6.45, 7) is -6.56. The maximum absolute atomic E-state index is 10.9. The smallest absolute Gasteiger partial charge is 0.224 e. The molecular formula is C24H42O21. The molecule has 0 saturated carbocycles. The van der Waals surface area contributed by atoms with Crippen molar-refractivity contribution in [3.8, 4) is 0 Å². The van der Waals surface area contributed by atoms with E-state index in [2.05, 4.69) is 0 Å². The topological polar surface area (TPSA) is 348 Å². The number of ether oxygens (including phenoxy) is 7. The minimum absolute atomic E-state index is 0.765. The summed E-state index contributed by atoms with van der Waals surface area (Å²) in [6, 6.07) is 0. The Labute approximate surface area is 254 Å². The largest absolute Gasteiger partial charge is 0.394 e. The van der Waals surface area contributed by atoms with Crippen LogP contribution in [0, 0.1) is 0 Å². The first kappa shape index (κ1) is 37.0. The minimum atomic E-state index is -2.64. The van der Waals surface area contributed by atoms with Crippen LogP contribution in [0.5, 0.6) is 0 Å². The van der Waals surface area contributed by atoms with Crippen molar-refractivity contribution in [2.24, 2.45) is 0 Å². The average molecular weight is 667 g/mol. The van der Waals surface area contributed by atoms with Gasteiger partial charge in [0.2, 0.25) is 17.4 Å². The molecule has 45 heavy (non-hydrogen) atoms. The molecule has 0 radical (unpaired) electrons. The highest BCUT2D eigenvalue weighted by Crippen LogP contribution is 2.40. The van der Waals surface area contributed by atoms with Gasteiger partial charge in [0.15, 0.2) is 6.29 Å². The van der Waals surface area contributed by atoms with Crippen LogP contribution in [0.4, 0.5) is 0 Å². The van der Waals surface area contributed by atoms with E-state index in [0.29, 0.717) is 0 Å². The van der Waals surface area contributed by atoms with Gasteiger partial charge in [-0.25, -0.2) is 0 Å². The SMILES string of the molecule is OCC1OC(CO)(OCC2OC(OC3(COC4(CO)OC(CO)C(O)C4O)OC(CO)C(O)C3O)C(O)C(O)C2O)C(O)C1O. The first-order chi connectivity index (χ1) is 21.2. The van der Waals surface area contributed by atoms with E-state index in [9.17, 15) is 71.5 Å². The molecule has 21 heteroatoms. The molecule has 14 N–H and O–H groups in total. The summed E-state index contributed by atoms with van der Waals surface area (Å²) in [4.78, 5) is 0. The summed E-state index contributed by atoms with van der Waals surface area (Å²) in [5.74, 6) is -7.40. The lowest BCUT2D eigenvalue weighted by molar-refractivity contribution is -0.403. The molecule has 0 spiro atoms. The minimum Gasteiger partial charge on any atom is -0.394 e. The first-order valence-electron chi connectivity index (χ1n) is 14.0. The summed E-state index contributed by atoms with van der Waals surface area (Å²) in [5, 5.41) is 143. The zero-order valence-corrected chi connectivity index (χ0v) is 23.7. The first-order valence-corrected chi connectivity index (χ1v) is 14.0. The molecule has 17 unspecified atom stereocenters. The van der Waals surface area contributed by atoms with Gasteiger partial charge in [-0.15, -0.1) is 0 Å². The molecular weight excluding hydrogens is 624 g/mol. The third-order valence-corrected chi connectivity index (χ3v) is 8.49. The maximum atomic E-state index is 10.9. The molecule has 4 rings (SSSR count). The fraction of sp³-hybridized carbons (Fsp3) is 1.00. The molecule has 17 atom stereocenters. The van der Waals surface area contributed by atoms with E-state index in [-0.39, 0.29) is 0 Å². The summed E-state index contributed by atoms with van der Waals surface area (Å²) in [5.41, 5.74) is 0. The van der Waals surface area contributed by atoms with Gasteiger partial charge in [0, 0.05) is 0 Å². The predicted molar refractivity (Wildman–Crippen MR) is 134 cm³/mol. The van der Waals surface area contributed by atoms with Crippen LogP contribution in [0.3, 0.4) is 0 Å². The van der Waals surface area contributed by atoms with Gasteiger partial charge in [0.25, 0.3) is 0 Å². The summed E-state index contributed by atoms with van der Waals surface area (Å²) in [6.07, 6.45) is -25.5. The highest BCUT2D eigenvalue weighted by atomic mass is 16.8. The van der Waals surface area contributed by atoms with Crippen molar-refractivity contribution in [1.82, 2.24) is 0 Å². The van der Waals surface area contributed by atoms with Crippen LogP contribution in [0.2, 0.25) is 0 Å². The molecule has 4 aliphatic rings. The van der Waals surface area contributed by atoms with Crippen molar-refractivity contribution in [3.05, 3.63) is 0 Å². The molecule has 4 aliphatic heterocycles. The molecule has 0 aromatic rings. The Morgan fingerprint density at radius 3 is 1.31 bits per heavy atom. The zero-order chi connectivity index (χ0) is 33.5. The lowest BCUT2D eigenvalue weighted by atomic mass is 9.98. The summed E-state index contributed by atoms with van der Waals surface area (Å²) in [7, 11) is 0. The summed E-state index contributed by atoms with van der Waals surface area (Å²) < 4.78 is 38.3. The third kappa shape index (κ3) is 6.49. The van der Waals surface area contributed by atoms with Gasteiger partial charge in [0.05, 0.1) is 26.4 Å². The van der Waals surface area contributed by atoms with Gasteiger partial charge in [0.1, 0.15) is 99.2 Å². The van der Waals surface area contributed by atoms with Gasteiger partial charge in [-0.2, -0.15) is 0 Å². The molecule has 0 amide bonds. The van der Waals surface area contributed by atoms with E-state index < -0.39 is 149 Å². The molecule has 0 aromatic carbocycles. The normalized spacial score (nSPS) is 52.1. The molecule has 4 heterocycles. The Morgan fingerprint density at radius 1 is 0.467 bits per heavy atom. The van der Waals surface area contributed by atoms with Gasteiger partial charge in [-0.3, -0.25) is 0 Å². The second kappa shape index (κ2) is 14.3. The lowest BCUT2D eigenvalue weighted by Gasteiger charge is -2.45. The predicted octanol–water partition coefficient (Wildman–Crippen LogP) is -9.74. The molecule has 4 fully saturated rings. The van der Waals surface area contributed by atoms with Crippen molar-refractivity contribution < 1.29 is 105 Å². The van der Waals surface area contributed by atoms with Gasteiger partial charge < -0.3 is 105 Å². The number of aliphatic hydroxyl groups excluding tert-OH is 14. The average Bonchev–Trinajstić information content (AvgIpc) is 3.55. The van der Waals surface area contributed by atoms with Gasteiger partial charge in [-0.05, 0) is 0 Å². The van der Waals surface area contributed by atoms with Crippen LogP contribution in [-0.2, 0) is 33.2 Å². The fourth-order valence-electron chi connectivity index (χ4n) is 5.65. The molecule has 0 bridgehead atoms. The van der Waals surface area contributed by atoms with Crippen molar-refractivity contribution in [2.45, 2.75) is 103 Å². The fourth-order valence-corrected chi connectivity index (χ4v) is 5.65. The second-order valence-electron chi connectivity index (χ2n) is 11.3. The zero-order valence-electron chi connectivity index (χ0n) is 23.7. The Hall–Kier alpha value is -0.840. The number of hydrogen-bond acceptors (Lipinski definition) is 21. The quantitative estimate of drug-likeness (QED) is 0.0867. The van der Waals surface area contributed by atoms with E-state index in [0.717, 1.165) is 0 Å². The van der Waals surface area contributed by atoms with Crippen LogP contribution in [0.15, 0.2) is 0 Å². The molecule has 21 nitrogen and oxygen atoms in total. The number of hydrogen-bond donors (Lipinski definition) is 14. The Balaban J connectivity index is 1.56. The highest BCUT2D eigenvalue weighted by molar-refractivity contribution is 5.02. The van der Waals surface area contributed by atoms with Crippen LogP contribution in [0.1, 0.15) is 0 Å². The molecule has 4 saturated heterocycles. The van der Waals surface area contributed by atoms with E-state index in [1.165, 1.54) is 0 Å². The highest BCUT2D eigenvalue weighted by Gasteiger charge is 2.62. The Kier molecular flexibility index (Phi) is 11.8. The van der Waals surface area contributed by atoms with Gasteiger partial charge >= 0.3 is 0 Å². The van der Waals surface area contributed by atoms with Gasteiger partial charge in [-0.1, -0.05) is 0 Å².